The van der Waals surface area contributed by atoms with Crippen LogP contribution >= 0.6 is 23.1 Å². The standard InChI is InChI=1S/C7H9F3N2S2/c1-4-5(14-6(11)12-4)13-3-2-7(8,9)10/h2-3H2,1H3,(H2,11,12). The van der Waals surface area contributed by atoms with Crippen LogP contribution in [0.3, 0.4) is 0 Å². The van der Waals surface area contributed by atoms with E-state index in [-0.39, 0.29) is 5.75 Å². The van der Waals surface area contributed by atoms with E-state index in [1.807, 2.05) is 0 Å². The zero-order chi connectivity index (χ0) is 10.8. The predicted molar refractivity (Wildman–Crippen MR) is 52.7 cm³/mol. The highest BCUT2D eigenvalue weighted by atomic mass is 32.2. The van der Waals surface area contributed by atoms with Crippen LogP contribution < -0.4 is 5.73 Å². The van der Waals surface area contributed by atoms with Crippen LogP contribution in [-0.2, 0) is 0 Å². The molecule has 0 radical (unpaired) electrons. The summed E-state index contributed by atoms with van der Waals surface area (Å²) in [6, 6.07) is 0. The maximum absolute atomic E-state index is 11.8. The van der Waals surface area contributed by atoms with E-state index >= 15 is 0 Å². The summed E-state index contributed by atoms with van der Waals surface area (Å²) in [5.41, 5.74) is 6.12. The molecule has 80 valence electrons. The Kier molecular flexibility index (Phi) is 3.65. The quantitative estimate of drug-likeness (QED) is 0.828. The molecule has 1 rings (SSSR count). The minimum absolute atomic E-state index is 0.0198. The molecule has 14 heavy (non-hydrogen) atoms. The number of alkyl halides is 3. The molecule has 2 nitrogen and oxygen atoms in total. The molecule has 0 atom stereocenters. The summed E-state index contributed by atoms with van der Waals surface area (Å²) < 4.78 is 36.2. The highest BCUT2D eigenvalue weighted by molar-refractivity contribution is 8.01. The first-order valence-electron chi connectivity index (χ1n) is 3.81. The Morgan fingerprint density at radius 1 is 1.50 bits per heavy atom. The fourth-order valence-electron chi connectivity index (χ4n) is 0.796. The second kappa shape index (κ2) is 4.39. The van der Waals surface area contributed by atoms with Gasteiger partial charge in [-0.25, -0.2) is 4.98 Å². The summed E-state index contributed by atoms with van der Waals surface area (Å²) in [6.45, 7) is 1.74. The lowest BCUT2D eigenvalue weighted by molar-refractivity contribution is -0.129. The number of anilines is 1. The first-order valence-corrected chi connectivity index (χ1v) is 5.61. The third-order valence-corrected chi connectivity index (χ3v) is 3.74. The van der Waals surface area contributed by atoms with E-state index < -0.39 is 12.6 Å². The molecule has 2 N–H and O–H groups in total. The van der Waals surface area contributed by atoms with E-state index in [0.717, 1.165) is 16.0 Å². The van der Waals surface area contributed by atoms with Crippen molar-refractivity contribution in [2.75, 3.05) is 11.5 Å². The van der Waals surface area contributed by atoms with Crippen molar-refractivity contribution in [2.24, 2.45) is 0 Å². The maximum atomic E-state index is 11.8. The third-order valence-electron chi connectivity index (χ3n) is 1.39. The van der Waals surface area contributed by atoms with E-state index in [1.54, 1.807) is 6.92 Å². The number of hydrogen-bond acceptors (Lipinski definition) is 4. The van der Waals surface area contributed by atoms with Crippen molar-refractivity contribution >= 4 is 28.2 Å². The molecular formula is C7H9F3N2S2. The molecule has 0 spiro atoms. The Morgan fingerprint density at radius 2 is 2.14 bits per heavy atom. The number of nitrogens with two attached hydrogens (primary N) is 1. The summed E-state index contributed by atoms with van der Waals surface area (Å²) in [7, 11) is 0. The Morgan fingerprint density at radius 3 is 2.57 bits per heavy atom. The summed E-state index contributed by atoms with van der Waals surface area (Å²) in [6.07, 6.45) is -4.87. The average Bonchev–Trinajstić information content (AvgIpc) is 2.27. The summed E-state index contributed by atoms with van der Waals surface area (Å²) >= 11 is 2.38. The fraction of sp³-hybridized carbons (Fsp3) is 0.571. The van der Waals surface area contributed by atoms with Gasteiger partial charge < -0.3 is 5.73 Å². The van der Waals surface area contributed by atoms with Crippen molar-refractivity contribution in [3.05, 3.63) is 5.69 Å². The molecule has 1 aromatic heterocycles. The largest absolute Gasteiger partial charge is 0.389 e. The molecule has 0 aromatic carbocycles. The number of thioether (sulfide) groups is 1. The van der Waals surface area contributed by atoms with E-state index in [1.165, 1.54) is 11.3 Å². The minimum Gasteiger partial charge on any atom is -0.375 e. The first-order chi connectivity index (χ1) is 6.38. The van der Waals surface area contributed by atoms with Gasteiger partial charge in [-0.3, -0.25) is 0 Å². The zero-order valence-electron chi connectivity index (χ0n) is 7.39. The lowest BCUT2D eigenvalue weighted by Crippen LogP contribution is -2.07. The zero-order valence-corrected chi connectivity index (χ0v) is 9.02. The molecule has 1 aromatic rings. The summed E-state index contributed by atoms with van der Waals surface area (Å²) in [5, 5.41) is 0.400. The number of hydrogen-bond donors (Lipinski definition) is 1. The molecule has 0 bridgehead atoms. The number of aromatic nitrogens is 1. The van der Waals surface area contributed by atoms with Crippen LogP contribution in [0.4, 0.5) is 18.3 Å². The summed E-state index contributed by atoms with van der Waals surface area (Å²) in [4.78, 5) is 3.92. The molecular weight excluding hydrogens is 233 g/mol. The van der Waals surface area contributed by atoms with Gasteiger partial charge >= 0.3 is 6.18 Å². The van der Waals surface area contributed by atoms with Gasteiger partial charge in [0.05, 0.1) is 16.3 Å². The molecule has 0 fully saturated rings. The number of nitrogens with zero attached hydrogens (tertiary/aromatic N) is 1. The Hall–Kier alpha value is -0.430. The number of nitrogen functional groups attached to an aromatic ring is 1. The number of thiazole rings is 1. The van der Waals surface area contributed by atoms with Crippen molar-refractivity contribution in [2.45, 2.75) is 23.7 Å². The van der Waals surface area contributed by atoms with Gasteiger partial charge in [0.25, 0.3) is 0 Å². The van der Waals surface area contributed by atoms with Gasteiger partial charge in [0.1, 0.15) is 0 Å². The normalized spacial score (nSPS) is 12.0. The molecule has 0 saturated heterocycles. The van der Waals surface area contributed by atoms with E-state index in [9.17, 15) is 13.2 Å². The minimum atomic E-state index is -4.09. The van der Waals surface area contributed by atoms with Gasteiger partial charge in [-0.2, -0.15) is 13.2 Å². The topological polar surface area (TPSA) is 38.9 Å². The average molecular weight is 242 g/mol. The molecule has 0 saturated carbocycles. The van der Waals surface area contributed by atoms with Gasteiger partial charge in [0.15, 0.2) is 5.13 Å². The van der Waals surface area contributed by atoms with Crippen LogP contribution in [0, 0.1) is 6.92 Å². The van der Waals surface area contributed by atoms with Crippen molar-refractivity contribution in [3.63, 3.8) is 0 Å². The first kappa shape index (κ1) is 11.6. The Balaban J connectivity index is 2.42. The van der Waals surface area contributed by atoms with Gasteiger partial charge in [-0.1, -0.05) is 11.3 Å². The van der Waals surface area contributed by atoms with Crippen LogP contribution in [0.15, 0.2) is 4.21 Å². The fourth-order valence-corrected chi connectivity index (χ4v) is 2.88. The predicted octanol–water partition coefficient (Wildman–Crippen LogP) is 3.08. The van der Waals surface area contributed by atoms with Gasteiger partial charge in [0.2, 0.25) is 0 Å². The Labute approximate surface area is 87.7 Å². The second-order valence-electron chi connectivity index (χ2n) is 2.64. The van der Waals surface area contributed by atoms with Crippen molar-refractivity contribution in [1.29, 1.82) is 0 Å². The van der Waals surface area contributed by atoms with Crippen molar-refractivity contribution in [1.82, 2.24) is 4.98 Å². The molecule has 0 aliphatic rings. The third kappa shape index (κ3) is 3.75. The van der Waals surface area contributed by atoms with E-state index in [2.05, 4.69) is 4.98 Å². The monoisotopic (exact) mass is 242 g/mol. The molecule has 0 unspecified atom stereocenters. The molecule has 1 heterocycles. The van der Waals surface area contributed by atoms with Crippen LogP contribution in [0.5, 0.6) is 0 Å². The SMILES string of the molecule is Cc1nc(N)sc1SCCC(F)(F)F. The van der Waals surface area contributed by atoms with Crippen LogP contribution in [0.1, 0.15) is 12.1 Å². The van der Waals surface area contributed by atoms with Crippen LogP contribution in [0.25, 0.3) is 0 Å². The number of halogens is 3. The number of rotatable bonds is 3. The van der Waals surface area contributed by atoms with Crippen molar-refractivity contribution in [3.8, 4) is 0 Å². The van der Waals surface area contributed by atoms with Crippen LogP contribution in [0.2, 0.25) is 0 Å². The molecule has 0 amide bonds. The highest BCUT2D eigenvalue weighted by Gasteiger charge is 2.26. The smallest absolute Gasteiger partial charge is 0.375 e. The Bertz CT molecular complexity index is 308. The molecule has 7 heteroatoms. The summed E-state index contributed by atoms with van der Waals surface area (Å²) in [5.74, 6) is 0.0198. The van der Waals surface area contributed by atoms with Gasteiger partial charge in [-0.05, 0) is 6.92 Å². The molecule has 0 aliphatic carbocycles. The molecule has 0 aliphatic heterocycles. The van der Waals surface area contributed by atoms with E-state index in [4.69, 9.17) is 5.73 Å². The maximum Gasteiger partial charge on any atom is 0.389 e. The van der Waals surface area contributed by atoms with Gasteiger partial charge in [-0.15, -0.1) is 11.8 Å². The second-order valence-corrected chi connectivity index (χ2v) is 5.03. The lowest BCUT2D eigenvalue weighted by atomic mass is 10.5. The highest BCUT2D eigenvalue weighted by Crippen LogP contribution is 2.32. The lowest BCUT2D eigenvalue weighted by Gasteiger charge is -2.04. The van der Waals surface area contributed by atoms with Crippen molar-refractivity contribution < 1.29 is 13.2 Å². The van der Waals surface area contributed by atoms with E-state index in [0.29, 0.717) is 10.8 Å². The number of aryl methyl sites for hydroxylation is 1. The van der Waals surface area contributed by atoms with Crippen LogP contribution in [-0.4, -0.2) is 16.9 Å². The van der Waals surface area contributed by atoms with Gasteiger partial charge in [0, 0.05) is 5.75 Å².